The third kappa shape index (κ3) is 9.47. The predicted molar refractivity (Wildman–Crippen MR) is 144 cm³/mol. The Bertz CT molecular complexity index is 973. The van der Waals surface area contributed by atoms with Gasteiger partial charge < -0.3 is 0 Å². The van der Waals surface area contributed by atoms with Crippen LogP contribution in [0.25, 0.3) is 21.5 Å². The SMILES string of the molecule is CCCCCc1c[cH-]c2ccccc12.CCCCCc1c[cH-]c2ccccc12.[CH2]=[Zr]([Cl])[Cl]. The Labute approximate surface area is 209 Å². The molecule has 0 aromatic heterocycles. The van der Waals surface area contributed by atoms with E-state index in [1.54, 1.807) is 0 Å². The van der Waals surface area contributed by atoms with Gasteiger partial charge in [-0.05, 0) is 0 Å². The molecule has 0 unspecified atom stereocenters. The molecule has 0 aliphatic rings. The van der Waals surface area contributed by atoms with Crippen LogP contribution in [0.3, 0.4) is 0 Å². The van der Waals surface area contributed by atoms with Gasteiger partial charge >= 0.3 is 40.1 Å². The fraction of sp³-hybridized carbons (Fsp3) is 0.345. The zero-order chi connectivity index (χ0) is 23.2. The summed E-state index contributed by atoms with van der Waals surface area (Å²) in [7, 11) is 10.3. The van der Waals surface area contributed by atoms with E-state index >= 15 is 0 Å². The average Bonchev–Trinajstić information content (AvgIpc) is 3.39. The van der Waals surface area contributed by atoms with Crippen LogP contribution in [0, 0.1) is 0 Å². The number of benzene rings is 2. The molecule has 4 aromatic carbocycles. The molecule has 0 nitrogen and oxygen atoms in total. The molecular weight excluding hydrogens is 510 g/mol. The van der Waals surface area contributed by atoms with E-state index in [4.69, 9.17) is 17.0 Å². The predicted octanol–water partition coefficient (Wildman–Crippen LogP) is 9.93. The van der Waals surface area contributed by atoms with Crippen LogP contribution in [0.15, 0.2) is 72.8 Å². The van der Waals surface area contributed by atoms with Crippen molar-refractivity contribution in [3.63, 3.8) is 0 Å². The van der Waals surface area contributed by atoms with E-state index in [-0.39, 0.29) is 0 Å². The summed E-state index contributed by atoms with van der Waals surface area (Å²) in [6, 6.07) is 26.4. The number of fused-ring (bicyclic) bond motifs is 2. The molecule has 32 heavy (non-hydrogen) atoms. The second kappa shape index (κ2) is 15.8. The van der Waals surface area contributed by atoms with E-state index in [9.17, 15) is 0 Å². The molecule has 0 aliphatic heterocycles. The third-order valence-electron chi connectivity index (χ3n) is 5.64. The van der Waals surface area contributed by atoms with Gasteiger partial charge in [0.2, 0.25) is 0 Å². The molecule has 3 heteroatoms. The van der Waals surface area contributed by atoms with Gasteiger partial charge in [0.15, 0.2) is 0 Å². The Kier molecular flexibility index (Phi) is 13.4. The summed E-state index contributed by atoms with van der Waals surface area (Å²) in [5.74, 6) is 0. The number of unbranched alkanes of at least 4 members (excludes halogenated alkanes) is 4. The topological polar surface area (TPSA) is 0 Å². The molecule has 0 saturated heterocycles. The molecule has 0 heterocycles. The summed E-state index contributed by atoms with van der Waals surface area (Å²) in [4.78, 5) is 0. The standard InChI is InChI=1S/2C14H17.CH2.2ClH.Zr/c2*1-2-3-4-7-12-10-11-13-8-5-6-9-14(12)13;;;;/h2*5-6,8-11H,2-4,7H2,1H3;1H2;2*1H;/q2*-1;;;;+2/p-2. The molecule has 0 N–H and O–H groups in total. The fourth-order valence-corrected chi connectivity index (χ4v) is 4.00. The summed E-state index contributed by atoms with van der Waals surface area (Å²) < 4.78 is 3.37. The van der Waals surface area contributed by atoms with Gasteiger partial charge in [0.1, 0.15) is 0 Å². The molecule has 172 valence electrons. The van der Waals surface area contributed by atoms with E-state index < -0.39 is 18.9 Å². The summed E-state index contributed by atoms with van der Waals surface area (Å²) in [5.41, 5.74) is 3.04. The number of rotatable bonds is 8. The van der Waals surface area contributed by atoms with Gasteiger partial charge in [-0.25, -0.2) is 0 Å². The minimum atomic E-state index is -1.85. The molecule has 0 amide bonds. The third-order valence-corrected chi connectivity index (χ3v) is 5.64. The van der Waals surface area contributed by atoms with Crippen LogP contribution >= 0.6 is 17.0 Å². The Morgan fingerprint density at radius 1 is 0.688 bits per heavy atom. The normalized spacial score (nSPS) is 10.4. The van der Waals surface area contributed by atoms with Crippen LogP contribution in [-0.4, -0.2) is 4.21 Å². The number of halogens is 2. The van der Waals surface area contributed by atoms with Crippen LogP contribution in [0.2, 0.25) is 0 Å². The zero-order valence-corrected chi connectivity index (χ0v) is 23.5. The van der Waals surface area contributed by atoms with Gasteiger partial charge in [-0.1, -0.05) is 77.3 Å². The molecule has 0 spiro atoms. The molecule has 4 rings (SSSR count). The Balaban J connectivity index is 0.000000195. The van der Waals surface area contributed by atoms with E-state index in [0.717, 1.165) is 0 Å². The van der Waals surface area contributed by atoms with Crippen LogP contribution in [0.1, 0.15) is 63.5 Å². The quantitative estimate of drug-likeness (QED) is 0.152. The first-order valence-corrected chi connectivity index (χ1v) is 19.9. The van der Waals surface area contributed by atoms with Gasteiger partial charge in [0.25, 0.3) is 0 Å². The maximum absolute atomic E-state index is 5.13. The molecule has 4 aromatic rings. The van der Waals surface area contributed by atoms with Crippen LogP contribution in [0.4, 0.5) is 0 Å². The average molecular weight is 547 g/mol. The van der Waals surface area contributed by atoms with E-state index in [0.29, 0.717) is 0 Å². The monoisotopic (exact) mass is 544 g/mol. The van der Waals surface area contributed by atoms with E-state index in [1.165, 1.54) is 84.0 Å². The van der Waals surface area contributed by atoms with E-state index in [2.05, 4.69) is 90.9 Å². The van der Waals surface area contributed by atoms with Crippen molar-refractivity contribution < 1.29 is 18.9 Å². The van der Waals surface area contributed by atoms with Crippen molar-refractivity contribution in [3.8, 4) is 0 Å². The van der Waals surface area contributed by atoms with Crippen LogP contribution in [0.5, 0.6) is 0 Å². The fourth-order valence-electron chi connectivity index (χ4n) is 4.00. The first-order valence-electron chi connectivity index (χ1n) is 11.8. The van der Waals surface area contributed by atoms with Crippen LogP contribution < -0.4 is 0 Å². The molecule has 0 fully saturated rings. The van der Waals surface area contributed by atoms with E-state index in [1.807, 2.05) is 0 Å². The molecule has 0 atom stereocenters. The second-order valence-electron chi connectivity index (χ2n) is 8.14. The number of aryl methyl sites for hydroxylation is 2. The number of hydrogen-bond acceptors (Lipinski definition) is 0. The minimum absolute atomic E-state index is 1.24. The summed E-state index contributed by atoms with van der Waals surface area (Å²) in [6.45, 7) is 4.51. The molecule has 0 bridgehead atoms. The van der Waals surface area contributed by atoms with Crippen molar-refractivity contribution in [2.75, 3.05) is 0 Å². The van der Waals surface area contributed by atoms with Gasteiger partial charge in [0.05, 0.1) is 0 Å². The van der Waals surface area contributed by atoms with Crippen molar-refractivity contribution in [1.29, 1.82) is 0 Å². The van der Waals surface area contributed by atoms with Crippen molar-refractivity contribution in [1.82, 2.24) is 0 Å². The molecule has 0 aliphatic carbocycles. The summed E-state index contributed by atoms with van der Waals surface area (Å²) in [5, 5.41) is 5.67. The van der Waals surface area contributed by atoms with Crippen molar-refractivity contribution in [2.24, 2.45) is 0 Å². The molecule has 0 saturated carbocycles. The summed E-state index contributed by atoms with van der Waals surface area (Å²) in [6.07, 6.45) is 10.4. The van der Waals surface area contributed by atoms with Crippen molar-refractivity contribution >= 4 is 42.8 Å². The van der Waals surface area contributed by atoms with Gasteiger partial charge in [-0.3, -0.25) is 0 Å². The number of hydrogen-bond donors (Lipinski definition) is 0. The first kappa shape index (κ1) is 27.2. The Morgan fingerprint density at radius 2 is 1.06 bits per heavy atom. The summed E-state index contributed by atoms with van der Waals surface area (Å²) >= 11 is -1.85. The Morgan fingerprint density at radius 3 is 1.44 bits per heavy atom. The van der Waals surface area contributed by atoms with Crippen LogP contribution in [-0.2, 0) is 31.7 Å². The van der Waals surface area contributed by atoms with Gasteiger partial charge in [-0.15, -0.1) is 82.2 Å². The first-order chi connectivity index (χ1) is 15.6. The van der Waals surface area contributed by atoms with Crippen molar-refractivity contribution in [3.05, 3.63) is 83.9 Å². The zero-order valence-electron chi connectivity index (χ0n) is 19.5. The molecular formula is C29H36Cl2Zr-2. The Hall–Kier alpha value is -1.01. The maximum atomic E-state index is 5.13. The molecule has 0 radical (unpaired) electrons. The van der Waals surface area contributed by atoms with Gasteiger partial charge in [-0.2, -0.15) is 11.1 Å². The van der Waals surface area contributed by atoms with Crippen molar-refractivity contribution in [2.45, 2.75) is 65.2 Å². The van der Waals surface area contributed by atoms with Gasteiger partial charge in [0, 0.05) is 0 Å². The second-order valence-corrected chi connectivity index (χ2v) is 16.4.